The molecule has 1 aliphatic heterocycles. The van der Waals surface area contributed by atoms with Gasteiger partial charge in [0, 0.05) is 39.2 Å². The fourth-order valence-electron chi connectivity index (χ4n) is 3.88. The van der Waals surface area contributed by atoms with Gasteiger partial charge in [-0.3, -0.25) is 9.59 Å². The van der Waals surface area contributed by atoms with Crippen molar-refractivity contribution in [3.63, 3.8) is 0 Å². The second-order valence-corrected chi connectivity index (χ2v) is 7.95. The minimum absolute atomic E-state index is 0.0198. The number of benzene rings is 1. The molecule has 2 heterocycles. The summed E-state index contributed by atoms with van der Waals surface area (Å²) < 4.78 is 7.16. The number of carbonyl (C=O) groups excluding carboxylic acids is 2. The fraction of sp³-hybridized carbons (Fsp3) is 0.435. The van der Waals surface area contributed by atoms with Crippen LogP contribution in [-0.4, -0.2) is 58.8 Å². The first-order chi connectivity index (χ1) is 14.6. The molecule has 7 nitrogen and oxygen atoms in total. The standard InChI is InChI=1S/C23H28N4O3/c1-25-12-6-9-20(25)19-15-21(17-7-4-3-5-8-17)27(24-19)22(28)16-26(13-14-30-2)23(29)18-10-11-18/h3-9,12,18,21H,10-11,13-16H2,1-2H3. The van der Waals surface area contributed by atoms with Crippen LogP contribution in [0.3, 0.4) is 0 Å². The van der Waals surface area contributed by atoms with Crippen LogP contribution in [0.15, 0.2) is 53.8 Å². The van der Waals surface area contributed by atoms with Crippen molar-refractivity contribution in [2.24, 2.45) is 18.1 Å². The number of aromatic nitrogens is 1. The average molecular weight is 409 g/mol. The summed E-state index contributed by atoms with van der Waals surface area (Å²) in [5.74, 6) is -0.0683. The van der Waals surface area contributed by atoms with Crippen molar-refractivity contribution in [2.75, 3.05) is 26.8 Å². The molecule has 1 fully saturated rings. The van der Waals surface area contributed by atoms with E-state index in [1.807, 2.05) is 60.3 Å². The molecule has 2 amide bonds. The number of rotatable bonds is 8. The third-order valence-electron chi connectivity index (χ3n) is 5.72. The highest BCUT2D eigenvalue weighted by Gasteiger charge is 2.37. The van der Waals surface area contributed by atoms with E-state index < -0.39 is 0 Å². The summed E-state index contributed by atoms with van der Waals surface area (Å²) in [6.45, 7) is 0.841. The number of aryl methyl sites for hydroxylation is 1. The third-order valence-corrected chi connectivity index (χ3v) is 5.72. The largest absolute Gasteiger partial charge is 0.383 e. The maximum Gasteiger partial charge on any atom is 0.262 e. The lowest BCUT2D eigenvalue weighted by Gasteiger charge is -2.27. The minimum Gasteiger partial charge on any atom is -0.383 e. The van der Waals surface area contributed by atoms with E-state index in [2.05, 4.69) is 0 Å². The predicted octanol–water partition coefficient (Wildman–Crippen LogP) is 2.59. The zero-order chi connectivity index (χ0) is 21.1. The van der Waals surface area contributed by atoms with Gasteiger partial charge in [-0.2, -0.15) is 5.10 Å². The van der Waals surface area contributed by atoms with Gasteiger partial charge in [0.25, 0.3) is 5.91 Å². The quantitative estimate of drug-likeness (QED) is 0.674. The zero-order valence-electron chi connectivity index (χ0n) is 17.5. The van der Waals surface area contributed by atoms with Crippen molar-refractivity contribution in [3.8, 4) is 0 Å². The molecule has 158 valence electrons. The Kier molecular flexibility index (Phi) is 5.99. The highest BCUT2D eigenvalue weighted by Crippen LogP contribution is 2.34. The van der Waals surface area contributed by atoms with E-state index in [0.717, 1.165) is 29.8 Å². The predicted molar refractivity (Wildman–Crippen MR) is 114 cm³/mol. The normalized spacial score (nSPS) is 18.4. The van der Waals surface area contributed by atoms with E-state index >= 15 is 0 Å². The summed E-state index contributed by atoms with van der Waals surface area (Å²) in [4.78, 5) is 27.6. The molecule has 1 aromatic carbocycles. The summed E-state index contributed by atoms with van der Waals surface area (Å²) in [6.07, 6.45) is 4.42. The summed E-state index contributed by atoms with van der Waals surface area (Å²) >= 11 is 0. The van der Waals surface area contributed by atoms with Crippen LogP contribution in [0.25, 0.3) is 0 Å². The summed E-state index contributed by atoms with van der Waals surface area (Å²) in [5.41, 5.74) is 2.91. The van der Waals surface area contributed by atoms with Crippen LogP contribution in [0.5, 0.6) is 0 Å². The number of hydrazone groups is 1. The molecule has 0 N–H and O–H groups in total. The molecule has 2 aliphatic rings. The van der Waals surface area contributed by atoms with E-state index in [1.165, 1.54) is 0 Å². The van der Waals surface area contributed by atoms with Gasteiger partial charge in [0.2, 0.25) is 5.91 Å². The molecule has 0 spiro atoms. The lowest BCUT2D eigenvalue weighted by Crippen LogP contribution is -2.43. The molecule has 4 rings (SSSR count). The molecule has 1 aromatic heterocycles. The van der Waals surface area contributed by atoms with E-state index in [4.69, 9.17) is 9.84 Å². The number of hydrogen-bond acceptors (Lipinski definition) is 4. The molecule has 7 heteroatoms. The fourth-order valence-corrected chi connectivity index (χ4v) is 3.88. The van der Waals surface area contributed by atoms with E-state index in [1.54, 1.807) is 17.0 Å². The maximum absolute atomic E-state index is 13.3. The maximum atomic E-state index is 13.3. The lowest BCUT2D eigenvalue weighted by atomic mass is 10.0. The van der Waals surface area contributed by atoms with E-state index in [9.17, 15) is 9.59 Å². The lowest BCUT2D eigenvalue weighted by molar-refractivity contribution is -0.142. The molecule has 2 aromatic rings. The van der Waals surface area contributed by atoms with Crippen molar-refractivity contribution >= 4 is 17.5 Å². The van der Waals surface area contributed by atoms with Crippen LogP contribution in [0.2, 0.25) is 0 Å². The van der Waals surface area contributed by atoms with E-state index in [-0.39, 0.29) is 30.3 Å². The Morgan fingerprint density at radius 1 is 1.17 bits per heavy atom. The molecular weight excluding hydrogens is 380 g/mol. The Morgan fingerprint density at radius 2 is 1.93 bits per heavy atom. The van der Waals surface area contributed by atoms with Gasteiger partial charge in [0.1, 0.15) is 6.54 Å². The van der Waals surface area contributed by atoms with Crippen LogP contribution in [-0.2, 0) is 21.4 Å². The zero-order valence-corrected chi connectivity index (χ0v) is 17.5. The molecule has 1 atom stereocenters. The second kappa shape index (κ2) is 8.83. The second-order valence-electron chi connectivity index (χ2n) is 7.95. The minimum atomic E-state index is -0.177. The van der Waals surface area contributed by atoms with Crippen LogP contribution in [0, 0.1) is 5.92 Å². The van der Waals surface area contributed by atoms with Crippen LogP contribution < -0.4 is 0 Å². The van der Waals surface area contributed by atoms with Gasteiger partial charge in [0.15, 0.2) is 0 Å². The van der Waals surface area contributed by atoms with Crippen molar-refractivity contribution in [2.45, 2.75) is 25.3 Å². The third kappa shape index (κ3) is 4.31. The van der Waals surface area contributed by atoms with Gasteiger partial charge in [-0.15, -0.1) is 0 Å². The Hall–Kier alpha value is -2.93. The topological polar surface area (TPSA) is 67.1 Å². The Balaban J connectivity index is 1.58. The van der Waals surface area contributed by atoms with Gasteiger partial charge < -0.3 is 14.2 Å². The molecule has 30 heavy (non-hydrogen) atoms. The number of nitrogens with zero attached hydrogens (tertiary/aromatic N) is 4. The number of methoxy groups -OCH3 is 1. The van der Waals surface area contributed by atoms with Gasteiger partial charge in [0.05, 0.1) is 24.1 Å². The molecule has 0 radical (unpaired) electrons. The SMILES string of the molecule is COCCN(CC(=O)N1N=C(c2cccn2C)CC1c1ccccc1)C(=O)C1CC1. The van der Waals surface area contributed by atoms with Gasteiger partial charge in [-0.05, 0) is 30.5 Å². The van der Waals surface area contributed by atoms with Gasteiger partial charge in [-0.1, -0.05) is 30.3 Å². The van der Waals surface area contributed by atoms with Crippen LogP contribution >= 0.6 is 0 Å². The van der Waals surface area contributed by atoms with Crippen LogP contribution in [0.4, 0.5) is 0 Å². The summed E-state index contributed by atoms with van der Waals surface area (Å²) in [7, 11) is 3.57. The Bertz CT molecular complexity index is 933. The molecule has 1 aliphatic carbocycles. The average Bonchev–Trinajstić information content (AvgIpc) is 3.38. The molecule has 0 saturated heterocycles. The smallest absolute Gasteiger partial charge is 0.262 e. The summed E-state index contributed by atoms with van der Waals surface area (Å²) in [6, 6.07) is 13.8. The van der Waals surface area contributed by atoms with Gasteiger partial charge in [-0.25, -0.2) is 5.01 Å². The van der Waals surface area contributed by atoms with Crippen molar-refractivity contribution in [1.82, 2.24) is 14.5 Å². The number of carbonyl (C=O) groups is 2. The highest BCUT2D eigenvalue weighted by atomic mass is 16.5. The first-order valence-corrected chi connectivity index (χ1v) is 10.4. The first-order valence-electron chi connectivity index (χ1n) is 10.4. The van der Waals surface area contributed by atoms with Crippen LogP contribution in [0.1, 0.15) is 36.6 Å². The molecular formula is C23H28N4O3. The molecule has 1 unspecified atom stereocenters. The van der Waals surface area contributed by atoms with Crippen molar-refractivity contribution in [1.29, 1.82) is 0 Å². The van der Waals surface area contributed by atoms with Crippen molar-refractivity contribution < 1.29 is 14.3 Å². The Labute approximate surface area is 176 Å². The monoisotopic (exact) mass is 408 g/mol. The number of ether oxygens (including phenoxy) is 1. The number of hydrogen-bond donors (Lipinski definition) is 0. The molecule has 0 bridgehead atoms. The Morgan fingerprint density at radius 3 is 2.57 bits per heavy atom. The van der Waals surface area contributed by atoms with Gasteiger partial charge >= 0.3 is 0 Å². The highest BCUT2D eigenvalue weighted by molar-refractivity contribution is 6.02. The number of amides is 2. The summed E-state index contributed by atoms with van der Waals surface area (Å²) in [5, 5.41) is 6.28. The van der Waals surface area contributed by atoms with Crippen molar-refractivity contribution in [3.05, 3.63) is 59.9 Å². The van der Waals surface area contributed by atoms with E-state index in [0.29, 0.717) is 19.6 Å². The molecule has 1 saturated carbocycles. The first kappa shape index (κ1) is 20.3.